The van der Waals surface area contributed by atoms with Gasteiger partial charge in [0.05, 0.1) is 10.5 Å². The number of halogens is 1. The molecule has 1 saturated carbocycles. The van der Waals surface area contributed by atoms with E-state index < -0.39 is 16.0 Å². The van der Waals surface area contributed by atoms with Crippen LogP contribution in [0, 0.1) is 5.92 Å². The summed E-state index contributed by atoms with van der Waals surface area (Å²) in [5.74, 6) is -0.443. The smallest absolute Gasteiger partial charge is 0.335 e. The molecule has 2 rings (SSSR count). The first-order chi connectivity index (χ1) is 9.79. The van der Waals surface area contributed by atoms with Crippen molar-refractivity contribution < 1.29 is 18.3 Å². The van der Waals surface area contributed by atoms with Gasteiger partial charge in [-0.2, -0.15) is 0 Å². The second-order valence-electron chi connectivity index (χ2n) is 5.53. The Bertz CT molecular complexity index is 636. The fourth-order valence-electron chi connectivity index (χ4n) is 2.51. The van der Waals surface area contributed by atoms with Crippen molar-refractivity contribution in [2.45, 2.75) is 43.5 Å². The summed E-state index contributed by atoms with van der Waals surface area (Å²) in [5, 5.41) is 8.90. The van der Waals surface area contributed by atoms with E-state index in [-0.39, 0.29) is 21.0 Å². The second kappa shape index (κ2) is 6.46. The lowest BCUT2D eigenvalue weighted by Gasteiger charge is -2.26. The molecule has 0 aromatic heterocycles. The van der Waals surface area contributed by atoms with Crippen molar-refractivity contribution >= 4 is 31.9 Å². The summed E-state index contributed by atoms with van der Waals surface area (Å²) in [4.78, 5) is 11.0. The highest BCUT2D eigenvalue weighted by Crippen LogP contribution is 2.27. The molecule has 0 atom stereocenters. The SMILES string of the molecule is CC1CCC(NS(=O)(=O)c2ccc(C(=O)O)cc2Br)CC1. The summed E-state index contributed by atoms with van der Waals surface area (Å²) >= 11 is 3.14. The summed E-state index contributed by atoms with van der Waals surface area (Å²) in [5.41, 5.74) is 0.0484. The number of hydrogen-bond donors (Lipinski definition) is 2. The third-order valence-corrected chi connectivity index (χ3v) is 6.30. The zero-order valence-corrected chi connectivity index (χ0v) is 14.1. The Hall–Kier alpha value is -0.920. The van der Waals surface area contributed by atoms with Gasteiger partial charge >= 0.3 is 5.97 Å². The predicted octanol–water partition coefficient (Wildman–Crippen LogP) is 3.00. The molecule has 0 aliphatic heterocycles. The number of hydrogen-bond acceptors (Lipinski definition) is 3. The molecule has 1 aliphatic carbocycles. The van der Waals surface area contributed by atoms with E-state index in [2.05, 4.69) is 27.6 Å². The highest BCUT2D eigenvalue weighted by atomic mass is 79.9. The number of carboxylic acids is 1. The number of carbonyl (C=O) groups is 1. The minimum absolute atomic E-state index is 0.0442. The molecule has 0 saturated heterocycles. The van der Waals surface area contributed by atoms with Gasteiger partial charge in [-0.15, -0.1) is 0 Å². The van der Waals surface area contributed by atoms with Crippen LogP contribution in [0.15, 0.2) is 27.6 Å². The Morgan fingerprint density at radius 1 is 1.29 bits per heavy atom. The third-order valence-electron chi connectivity index (χ3n) is 3.81. The molecule has 0 spiro atoms. The van der Waals surface area contributed by atoms with E-state index in [9.17, 15) is 13.2 Å². The first-order valence-electron chi connectivity index (χ1n) is 6.85. The lowest BCUT2D eigenvalue weighted by atomic mass is 9.88. The quantitative estimate of drug-likeness (QED) is 0.846. The average Bonchev–Trinajstić information content (AvgIpc) is 2.40. The van der Waals surface area contributed by atoms with Gasteiger partial charge in [-0.25, -0.2) is 17.9 Å². The van der Waals surface area contributed by atoms with Gasteiger partial charge in [0, 0.05) is 10.5 Å². The average molecular weight is 376 g/mol. The predicted molar refractivity (Wildman–Crippen MR) is 82.8 cm³/mol. The molecule has 0 amide bonds. The van der Waals surface area contributed by atoms with Crippen molar-refractivity contribution in [3.05, 3.63) is 28.2 Å². The lowest BCUT2D eigenvalue weighted by molar-refractivity contribution is 0.0696. The Morgan fingerprint density at radius 3 is 2.43 bits per heavy atom. The fourth-order valence-corrected chi connectivity index (χ4v) is 4.90. The number of sulfonamides is 1. The topological polar surface area (TPSA) is 83.5 Å². The van der Waals surface area contributed by atoms with E-state index in [4.69, 9.17) is 5.11 Å². The standard InChI is InChI=1S/C14H18BrNO4S/c1-9-2-5-11(6-3-9)16-21(19,20)13-7-4-10(14(17)18)8-12(13)15/h4,7-9,11,16H,2-3,5-6H2,1H3,(H,17,18). The van der Waals surface area contributed by atoms with E-state index >= 15 is 0 Å². The van der Waals surface area contributed by atoms with Crippen LogP contribution in [-0.4, -0.2) is 25.5 Å². The maximum absolute atomic E-state index is 12.4. The van der Waals surface area contributed by atoms with Gasteiger partial charge in [0.15, 0.2) is 0 Å². The van der Waals surface area contributed by atoms with E-state index in [0.717, 1.165) is 25.7 Å². The zero-order valence-electron chi connectivity index (χ0n) is 11.7. The maximum Gasteiger partial charge on any atom is 0.335 e. The first kappa shape index (κ1) is 16.5. The summed E-state index contributed by atoms with van der Waals surface area (Å²) in [6.45, 7) is 2.17. The molecule has 21 heavy (non-hydrogen) atoms. The Labute approximate surface area is 132 Å². The van der Waals surface area contributed by atoms with Crippen LogP contribution < -0.4 is 4.72 Å². The Morgan fingerprint density at radius 2 is 1.90 bits per heavy atom. The van der Waals surface area contributed by atoms with E-state index in [1.165, 1.54) is 18.2 Å². The molecular formula is C14H18BrNO4S. The van der Waals surface area contributed by atoms with Gasteiger partial charge in [0.1, 0.15) is 0 Å². The minimum atomic E-state index is -3.64. The molecule has 5 nitrogen and oxygen atoms in total. The molecule has 7 heteroatoms. The molecule has 1 aromatic rings. The van der Waals surface area contributed by atoms with Crippen LogP contribution in [0.1, 0.15) is 43.0 Å². The highest BCUT2D eigenvalue weighted by molar-refractivity contribution is 9.10. The van der Waals surface area contributed by atoms with Gasteiger partial charge in [0.2, 0.25) is 10.0 Å². The number of nitrogens with one attached hydrogen (secondary N) is 1. The van der Waals surface area contributed by atoms with Gasteiger partial charge in [-0.3, -0.25) is 0 Å². The van der Waals surface area contributed by atoms with Crippen molar-refractivity contribution in [1.82, 2.24) is 4.72 Å². The number of rotatable bonds is 4. The second-order valence-corrected chi connectivity index (χ2v) is 8.07. The molecular weight excluding hydrogens is 358 g/mol. The Kier molecular flexibility index (Phi) is 5.06. The van der Waals surface area contributed by atoms with Crippen molar-refractivity contribution in [3.8, 4) is 0 Å². The summed E-state index contributed by atoms with van der Waals surface area (Å²) in [6.07, 6.45) is 3.72. The molecule has 1 fully saturated rings. The van der Waals surface area contributed by atoms with Crippen LogP contribution in [0.5, 0.6) is 0 Å². The van der Waals surface area contributed by atoms with Gasteiger partial charge in [-0.1, -0.05) is 6.92 Å². The monoisotopic (exact) mass is 375 g/mol. The van der Waals surface area contributed by atoms with Gasteiger partial charge in [-0.05, 0) is 65.7 Å². The summed E-state index contributed by atoms with van der Waals surface area (Å²) < 4.78 is 27.8. The number of benzene rings is 1. The molecule has 0 radical (unpaired) electrons. The third kappa shape index (κ3) is 4.05. The van der Waals surface area contributed by atoms with Crippen molar-refractivity contribution in [1.29, 1.82) is 0 Å². The molecule has 1 aromatic carbocycles. The van der Waals surface area contributed by atoms with E-state index in [1.54, 1.807) is 0 Å². The number of carboxylic acid groups (broad SMARTS) is 1. The van der Waals surface area contributed by atoms with Gasteiger partial charge < -0.3 is 5.11 Å². The number of aromatic carboxylic acids is 1. The van der Waals surface area contributed by atoms with Crippen LogP contribution >= 0.6 is 15.9 Å². The molecule has 116 valence electrons. The summed E-state index contributed by atoms with van der Waals surface area (Å²) in [7, 11) is -3.64. The first-order valence-corrected chi connectivity index (χ1v) is 9.12. The highest BCUT2D eigenvalue weighted by Gasteiger charge is 2.25. The van der Waals surface area contributed by atoms with Crippen LogP contribution in [0.2, 0.25) is 0 Å². The zero-order chi connectivity index (χ0) is 15.6. The van der Waals surface area contributed by atoms with E-state index in [1.807, 2.05) is 0 Å². The lowest BCUT2D eigenvalue weighted by Crippen LogP contribution is -2.37. The fraction of sp³-hybridized carbons (Fsp3) is 0.500. The largest absolute Gasteiger partial charge is 0.478 e. The van der Waals surface area contributed by atoms with E-state index in [0.29, 0.717) is 5.92 Å². The molecule has 0 heterocycles. The molecule has 2 N–H and O–H groups in total. The van der Waals surface area contributed by atoms with Gasteiger partial charge in [0.25, 0.3) is 0 Å². The molecule has 0 unspecified atom stereocenters. The van der Waals surface area contributed by atoms with Crippen LogP contribution in [0.25, 0.3) is 0 Å². The van der Waals surface area contributed by atoms with Crippen molar-refractivity contribution in [2.24, 2.45) is 5.92 Å². The maximum atomic E-state index is 12.4. The Balaban J connectivity index is 2.18. The van der Waals surface area contributed by atoms with Crippen molar-refractivity contribution in [2.75, 3.05) is 0 Å². The van der Waals surface area contributed by atoms with Crippen LogP contribution in [0.4, 0.5) is 0 Å². The van der Waals surface area contributed by atoms with Crippen LogP contribution in [0.3, 0.4) is 0 Å². The molecule has 1 aliphatic rings. The summed E-state index contributed by atoms with van der Waals surface area (Å²) in [6, 6.07) is 3.88. The normalized spacial score (nSPS) is 23.0. The minimum Gasteiger partial charge on any atom is -0.478 e. The van der Waals surface area contributed by atoms with Crippen molar-refractivity contribution in [3.63, 3.8) is 0 Å². The van der Waals surface area contributed by atoms with Crippen LogP contribution in [-0.2, 0) is 10.0 Å². The molecule has 0 bridgehead atoms.